The second-order valence-corrected chi connectivity index (χ2v) is 12.5. The molecule has 0 radical (unpaired) electrons. The molecule has 11 heteroatoms. The summed E-state index contributed by atoms with van der Waals surface area (Å²) in [6.07, 6.45) is 4.49. The highest BCUT2D eigenvalue weighted by atomic mass is 35.5. The molecule has 222 valence electrons. The highest BCUT2D eigenvalue weighted by molar-refractivity contribution is 6.34. The predicted octanol–water partition coefficient (Wildman–Crippen LogP) is 4.90. The Kier molecular flexibility index (Phi) is 7.18. The van der Waals surface area contributed by atoms with E-state index in [0.29, 0.717) is 46.6 Å². The van der Waals surface area contributed by atoms with Gasteiger partial charge < -0.3 is 24.3 Å². The summed E-state index contributed by atoms with van der Waals surface area (Å²) in [6.45, 7) is 13.0. The number of fused-ring (bicyclic) bond motifs is 4. The highest BCUT2D eigenvalue weighted by Crippen LogP contribution is 2.58. The van der Waals surface area contributed by atoms with Crippen LogP contribution in [0.4, 0.5) is 10.2 Å². The first-order valence-electron chi connectivity index (χ1n) is 14.9. The molecule has 43 heavy (non-hydrogen) atoms. The predicted molar refractivity (Wildman–Crippen MR) is 163 cm³/mol. The molecule has 0 N–H and O–H groups in total. The van der Waals surface area contributed by atoms with Crippen LogP contribution in [0.3, 0.4) is 0 Å². The number of nitrogens with zero attached hydrogens (tertiary/aromatic N) is 7. The Morgan fingerprint density at radius 2 is 2.09 bits per heavy atom. The van der Waals surface area contributed by atoms with E-state index >= 15 is 0 Å². The van der Waals surface area contributed by atoms with Crippen LogP contribution in [0.25, 0.3) is 27.1 Å². The Labute approximate surface area is 255 Å². The number of aromatic nitrogens is 3. The third kappa shape index (κ3) is 5.08. The summed E-state index contributed by atoms with van der Waals surface area (Å²) in [4.78, 5) is 36.3. The number of ether oxygens (including phenoxy) is 1. The number of carbonyl (C=O) groups excluding carboxylic acids is 1. The van der Waals surface area contributed by atoms with Crippen LogP contribution in [-0.4, -0.2) is 89.1 Å². The summed E-state index contributed by atoms with van der Waals surface area (Å²) in [5.41, 5.74) is 4.96. The third-order valence-electron chi connectivity index (χ3n) is 9.48. The molecule has 7 rings (SSSR count). The number of carbonyl (C=O) groups is 1. The van der Waals surface area contributed by atoms with Crippen LogP contribution in [0.2, 0.25) is 5.02 Å². The number of likely N-dealkylation sites (tertiary alicyclic amines) is 1. The Morgan fingerprint density at radius 1 is 1.23 bits per heavy atom. The Bertz CT molecular complexity index is 1680. The molecule has 0 spiro atoms. The average Bonchev–Trinajstić information content (AvgIpc) is 3.47. The first-order valence-corrected chi connectivity index (χ1v) is 15.3. The number of piperazine rings is 1. The molecule has 2 aliphatic carbocycles. The van der Waals surface area contributed by atoms with Crippen molar-refractivity contribution in [2.75, 3.05) is 51.3 Å². The molecular formula is C32H33ClFN7O2. The molecule has 1 amide bonds. The molecule has 2 saturated heterocycles. The molecule has 4 heterocycles. The van der Waals surface area contributed by atoms with Gasteiger partial charge >= 0.3 is 6.01 Å². The van der Waals surface area contributed by atoms with Crippen molar-refractivity contribution >= 4 is 34.4 Å². The van der Waals surface area contributed by atoms with Crippen molar-refractivity contribution < 1.29 is 13.9 Å². The Hall–Kier alpha value is -3.81. The lowest BCUT2D eigenvalue weighted by Crippen LogP contribution is -2.56. The summed E-state index contributed by atoms with van der Waals surface area (Å²) in [5, 5.41) is 1.17. The Morgan fingerprint density at radius 3 is 2.86 bits per heavy atom. The van der Waals surface area contributed by atoms with E-state index in [1.807, 2.05) is 11.0 Å². The number of hydrogen-bond acceptors (Lipinski definition) is 7. The van der Waals surface area contributed by atoms with Gasteiger partial charge in [-0.3, -0.25) is 4.79 Å². The minimum Gasteiger partial charge on any atom is -0.462 e. The number of amides is 1. The van der Waals surface area contributed by atoms with Crippen LogP contribution in [0.15, 0.2) is 36.7 Å². The summed E-state index contributed by atoms with van der Waals surface area (Å²) in [6, 6.07) is 8.21. The van der Waals surface area contributed by atoms with Crippen LogP contribution in [0.1, 0.15) is 36.3 Å². The van der Waals surface area contributed by atoms with Gasteiger partial charge in [-0.05, 0) is 68.3 Å². The van der Waals surface area contributed by atoms with E-state index in [-0.39, 0.29) is 31.7 Å². The average molecular weight is 602 g/mol. The van der Waals surface area contributed by atoms with Crippen molar-refractivity contribution in [1.29, 1.82) is 0 Å². The van der Waals surface area contributed by atoms with Crippen LogP contribution >= 0.6 is 11.6 Å². The van der Waals surface area contributed by atoms with Gasteiger partial charge in [0.05, 0.1) is 16.1 Å². The van der Waals surface area contributed by atoms with E-state index in [4.69, 9.17) is 37.9 Å². The quantitative estimate of drug-likeness (QED) is 0.282. The highest BCUT2D eigenvalue weighted by Gasteiger charge is 2.46. The van der Waals surface area contributed by atoms with Gasteiger partial charge in [-0.2, -0.15) is 9.97 Å². The topological polar surface area (TPSA) is 79.1 Å². The van der Waals surface area contributed by atoms with Gasteiger partial charge in [0, 0.05) is 31.2 Å². The van der Waals surface area contributed by atoms with Crippen molar-refractivity contribution in [3.63, 3.8) is 0 Å². The molecular weight excluding hydrogens is 569 g/mol. The van der Waals surface area contributed by atoms with Crippen LogP contribution in [0.5, 0.6) is 6.01 Å². The summed E-state index contributed by atoms with van der Waals surface area (Å²) < 4.78 is 20.0. The lowest BCUT2D eigenvalue weighted by molar-refractivity contribution is -0.131. The van der Waals surface area contributed by atoms with Gasteiger partial charge in [0.2, 0.25) is 6.54 Å². The van der Waals surface area contributed by atoms with E-state index in [9.17, 15) is 9.18 Å². The lowest BCUT2D eigenvalue weighted by atomic mass is 9.97. The fraction of sp³-hybridized carbons (Fsp3) is 0.469. The molecule has 1 saturated carbocycles. The maximum absolute atomic E-state index is 13.8. The van der Waals surface area contributed by atoms with Gasteiger partial charge in [-0.25, -0.2) is 15.9 Å². The zero-order valence-electron chi connectivity index (χ0n) is 24.1. The molecule has 2 aromatic heterocycles. The van der Waals surface area contributed by atoms with Gasteiger partial charge in [-0.1, -0.05) is 36.4 Å². The molecule has 4 aliphatic rings. The fourth-order valence-electron chi connectivity index (χ4n) is 7.13. The number of likely N-dealkylation sites (N-methyl/N-ethyl adjacent to an activating group) is 1. The fourth-order valence-corrected chi connectivity index (χ4v) is 7.38. The normalized spacial score (nSPS) is 24.5. The number of hydrogen-bond donors (Lipinski definition) is 0. The van der Waals surface area contributed by atoms with Gasteiger partial charge in [-0.15, -0.1) is 0 Å². The van der Waals surface area contributed by atoms with E-state index in [0.717, 1.165) is 37.3 Å². The van der Waals surface area contributed by atoms with Gasteiger partial charge in [0.25, 0.3) is 5.91 Å². The van der Waals surface area contributed by atoms with Crippen molar-refractivity contribution in [2.24, 2.45) is 5.92 Å². The molecule has 9 nitrogen and oxygen atoms in total. The SMILES string of the molecule is [C-]#[N+]C[C@H]1CN(c2nc(OC[C@@H]3CCCN3C)nc3nc(-c4cccc5c4C4CC4C5)c(Cl)cc23)CCN1C(=O)C(=C)F. The molecule has 0 bridgehead atoms. The minimum absolute atomic E-state index is 0.0281. The van der Waals surface area contributed by atoms with Gasteiger partial charge in [0.1, 0.15) is 18.5 Å². The van der Waals surface area contributed by atoms with Crippen LogP contribution < -0.4 is 9.64 Å². The summed E-state index contributed by atoms with van der Waals surface area (Å²) in [5.74, 6) is 0.0518. The maximum Gasteiger partial charge on any atom is 0.320 e. The van der Waals surface area contributed by atoms with Crippen molar-refractivity contribution in [3.05, 3.63) is 64.2 Å². The second-order valence-electron chi connectivity index (χ2n) is 12.1. The first-order chi connectivity index (χ1) is 20.8. The van der Waals surface area contributed by atoms with Crippen molar-refractivity contribution in [2.45, 2.75) is 43.7 Å². The van der Waals surface area contributed by atoms with E-state index in [2.05, 4.69) is 41.6 Å². The molecule has 2 aliphatic heterocycles. The smallest absolute Gasteiger partial charge is 0.320 e. The van der Waals surface area contributed by atoms with Crippen LogP contribution in [-0.2, 0) is 11.2 Å². The molecule has 2 unspecified atom stereocenters. The van der Waals surface area contributed by atoms with Gasteiger partial charge in [0.15, 0.2) is 11.5 Å². The summed E-state index contributed by atoms with van der Waals surface area (Å²) in [7, 11) is 2.09. The largest absolute Gasteiger partial charge is 0.462 e. The minimum atomic E-state index is -1.03. The van der Waals surface area contributed by atoms with Crippen LogP contribution in [0, 0.1) is 12.5 Å². The van der Waals surface area contributed by atoms with Crippen molar-refractivity contribution in [1.82, 2.24) is 24.8 Å². The molecule has 4 atom stereocenters. The standard InChI is InChI=1S/C32H33ClFN7O2/c1-18(34)31(42)41-11-10-40(16-22(41)15-35-2)30-25-14-26(33)28(23-8-4-6-19-12-20-13-24(20)27(19)23)36-29(25)37-32(38-30)43-17-21-7-5-9-39(21)3/h4,6,8,14,20-22,24H,1,5,7,9-13,15-17H2,3H3/t20?,21-,22-,24?/m0/s1. The maximum atomic E-state index is 13.8. The van der Waals surface area contributed by atoms with E-state index in [1.165, 1.54) is 22.4 Å². The van der Waals surface area contributed by atoms with E-state index in [1.54, 1.807) is 0 Å². The zero-order valence-corrected chi connectivity index (χ0v) is 24.9. The number of benzene rings is 1. The molecule has 3 aromatic rings. The number of halogens is 2. The third-order valence-corrected chi connectivity index (χ3v) is 9.77. The van der Waals surface area contributed by atoms with Crippen molar-refractivity contribution in [3.8, 4) is 17.3 Å². The second kappa shape index (κ2) is 11.0. The number of pyridine rings is 1. The Balaban J connectivity index is 1.29. The zero-order chi connectivity index (χ0) is 29.8. The number of anilines is 1. The molecule has 3 fully saturated rings. The number of rotatable bonds is 7. The molecule has 1 aromatic carbocycles. The summed E-state index contributed by atoms with van der Waals surface area (Å²) >= 11 is 6.98. The first kappa shape index (κ1) is 28.0. The monoisotopic (exact) mass is 601 g/mol. The lowest BCUT2D eigenvalue weighted by Gasteiger charge is -2.39. The van der Waals surface area contributed by atoms with E-state index < -0.39 is 17.8 Å².